The van der Waals surface area contributed by atoms with Gasteiger partial charge in [0.1, 0.15) is 5.82 Å². The maximum absolute atomic E-state index is 14.7. The number of halogens is 4. The molecule has 4 aromatic heterocycles. The zero-order valence-corrected chi connectivity index (χ0v) is 17.5. The van der Waals surface area contributed by atoms with Crippen molar-refractivity contribution < 1.29 is 22.4 Å². The number of aromatic nitrogens is 5. The van der Waals surface area contributed by atoms with E-state index in [0.717, 1.165) is 18.5 Å². The van der Waals surface area contributed by atoms with Gasteiger partial charge in [-0.1, -0.05) is 0 Å². The number of amides is 1. The minimum Gasteiger partial charge on any atom is -0.384 e. The van der Waals surface area contributed by atoms with Crippen molar-refractivity contribution in [2.45, 2.75) is 18.6 Å². The summed E-state index contributed by atoms with van der Waals surface area (Å²) < 4.78 is 54.6. The summed E-state index contributed by atoms with van der Waals surface area (Å²) in [6, 6.07) is 5.25. The third-order valence-electron chi connectivity index (χ3n) is 5.69. The van der Waals surface area contributed by atoms with Crippen LogP contribution in [0.2, 0.25) is 0 Å². The first-order valence-corrected chi connectivity index (χ1v) is 10.2. The van der Waals surface area contributed by atoms with Crippen LogP contribution >= 0.6 is 0 Å². The summed E-state index contributed by atoms with van der Waals surface area (Å²) in [6.45, 7) is 0.687. The average Bonchev–Trinajstić information content (AvgIpc) is 3.11. The van der Waals surface area contributed by atoms with E-state index in [9.17, 15) is 22.4 Å². The van der Waals surface area contributed by atoms with E-state index in [4.69, 9.17) is 5.73 Å². The average molecular weight is 471 g/mol. The van der Waals surface area contributed by atoms with Crippen molar-refractivity contribution in [3.05, 3.63) is 77.4 Å². The van der Waals surface area contributed by atoms with Gasteiger partial charge in [0, 0.05) is 37.0 Å². The van der Waals surface area contributed by atoms with E-state index in [1.807, 2.05) is 0 Å². The first-order chi connectivity index (χ1) is 16.2. The van der Waals surface area contributed by atoms with Crippen LogP contribution in [-0.2, 0) is 12.7 Å². The van der Waals surface area contributed by atoms with Crippen molar-refractivity contribution >= 4 is 22.6 Å². The van der Waals surface area contributed by atoms with Gasteiger partial charge in [0.25, 0.3) is 5.91 Å². The van der Waals surface area contributed by atoms with Gasteiger partial charge in [0.2, 0.25) is 0 Å². The molecule has 4 aromatic rings. The molecule has 0 spiro atoms. The molecule has 5 heterocycles. The van der Waals surface area contributed by atoms with Crippen LogP contribution in [0, 0.1) is 5.82 Å². The van der Waals surface area contributed by atoms with Gasteiger partial charge in [-0.3, -0.25) is 19.4 Å². The summed E-state index contributed by atoms with van der Waals surface area (Å²) in [7, 11) is 0. The molecule has 5 rings (SSSR count). The van der Waals surface area contributed by atoms with Gasteiger partial charge < -0.3 is 10.6 Å². The number of pyridine rings is 3. The number of fused-ring (bicyclic) bond motifs is 1. The van der Waals surface area contributed by atoms with Crippen molar-refractivity contribution in [2.75, 3.05) is 18.8 Å². The molecule has 0 bridgehead atoms. The molecular formula is C22H17F4N7O. The molecule has 34 heavy (non-hydrogen) atoms. The summed E-state index contributed by atoms with van der Waals surface area (Å²) in [5, 5.41) is 4.80. The SMILES string of the molecule is Nc1cc(C(=O)N2CC(c3nn(Cc4ccc(C(F)(F)F)cn4)c4cncc(F)c34)C2)ccn1. The molecular weight excluding hydrogens is 454 g/mol. The van der Waals surface area contributed by atoms with E-state index in [1.165, 1.54) is 29.2 Å². The Hall–Kier alpha value is -4.09. The Bertz CT molecular complexity index is 1380. The Morgan fingerprint density at radius 3 is 2.59 bits per heavy atom. The lowest BCUT2D eigenvalue weighted by atomic mass is 9.93. The summed E-state index contributed by atoms with van der Waals surface area (Å²) in [5.41, 5.74) is 6.38. The normalized spacial score (nSPS) is 14.4. The highest BCUT2D eigenvalue weighted by molar-refractivity contribution is 5.95. The fourth-order valence-electron chi connectivity index (χ4n) is 3.93. The van der Waals surface area contributed by atoms with Gasteiger partial charge in [-0.15, -0.1) is 0 Å². The zero-order valence-electron chi connectivity index (χ0n) is 17.5. The lowest BCUT2D eigenvalue weighted by Gasteiger charge is -2.38. The number of rotatable bonds is 4. The number of carbonyl (C=O) groups is 1. The topological polar surface area (TPSA) is 103 Å². The third-order valence-corrected chi connectivity index (χ3v) is 5.69. The molecule has 12 heteroatoms. The Morgan fingerprint density at radius 1 is 1.12 bits per heavy atom. The molecule has 0 aromatic carbocycles. The highest BCUT2D eigenvalue weighted by Gasteiger charge is 2.36. The number of nitrogens with zero attached hydrogens (tertiary/aromatic N) is 6. The highest BCUT2D eigenvalue weighted by Crippen LogP contribution is 2.34. The van der Waals surface area contributed by atoms with Crippen molar-refractivity contribution in [3.63, 3.8) is 0 Å². The summed E-state index contributed by atoms with van der Waals surface area (Å²) in [5.74, 6) is -0.764. The molecule has 1 amide bonds. The zero-order chi connectivity index (χ0) is 24.0. The molecule has 8 nitrogen and oxygen atoms in total. The lowest BCUT2D eigenvalue weighted by molar-refractivity contribution is -0.137. The van der Waals surface area contributed by atoms with Crippen LogP contribution in [-0.4, -0.2) is 48.6 Å². The molecule has 174 valence electrons. The van der Waals surface area contributed by atoms with E-state index in [2.05, 4.69) is 20.1 Å². The standard InChI is InChI=1S/C22H17F4N7O/c23-16-7-28-8-17-19(16)20(13-9-32(10-13)21(34)12-3-4-29-18(27)5-12)31-33(17)11-15-2-1-14(6-30-15)22(24,25)26/h1-8,13H,9-11H2,(H2,27,29). The van der Waals surface area contributed by atoms with Gasteiger partial charge in [0.05, 0.1) is 46.8 Å². The molecule has 0 unspecified atom stereocenters. The minimum absolute atomic E-state index is 0.0332. The number of anilines is 1. The van der Waals surface area contributed by atoms with Gasteiger partial charge >= 0.3 is 6.18 Å². The van der Waals surface area contributed by atoms with Gasteiger partial charge in [0.15, 0.2) is 5.82 Å². The quantitative estimate of drug-likeness (QED) is 0.459. The molecule has 0 saturated carbocycles. The van der Waals surface area contributed by atoms with Crippen LogP contribution in [0.5, 0.6) is 0 Å². The number of hydrogen-bond acceptors (Lipinski definition) is 6. The molecule has 1 aliphatic heterocycles. The Labute approximate surface area is 190 Å². The Morgan fingerprint density at radius 2 is 1.91 bits per heavy atom. The Balaban J connectivity index is 1.39. The molecule has 1 aliphatic rings. The number of carbonyl (C=O) groups excluding carboxylic acids is 1. The van der Waals surface area contributed by atoms with Crippen LogP contribution in [0.4, 0.5) is 23.4 Å². The van der Waals surface area contributed by atoms with E-state index >= 15 is 0 Å². The smallest absolute Gasteiger partial charge is 0.384 e. The predicted molar refractivity (Wildman–Crippen MR) is 113 cm³/mol. The fourth-order valence-corrected chi connectivity index (χ4v) is 3.93. The first kappa shape index (κ1) is 21.7. The number of alkyl halides is 3. The monoisotopic (exact) mass is 471 g/mol. The predicted octanol–water partition coefficient (Wildman–Crippen LogP) is 3.25. The molecule has 2 N–H and O–H groups in total. The summed E-state index contributed by atoms with van der Waals surface area (Å²) >= 11 is 0. The largest absolute Gasteiger partial charge is 0.417 e. The molecule has 0 atom stereocenters. The van der Waals surface area contributed by atoms with E-state index in [-0.39, 0.29) is 29.6 Å². The van der Waals surface area contributed by atoms with Gasteiger partial charge in [-0.05, 0) is 24.3 Å². The third kappa shape index (κ3) is 3.91. The minimum atomic E-state index is -4.49. The number of nitrogen functional groups attached to an aromatic ring is 1. The van der Waals surface area contributed by atoms with Crippen LogP contribution in [0.15, 0.2) is 49.1 Å². The van der Waals surface area contributed by atoms with Crippen LogP contribution in [0.3, 0.4) is 0 Å². The maximum atomic E-state index is 14.7. The first-order valence-electron chi connectivity index (χ1n) is 10.2. The van der Waals surface area contributed by atoms with E-state index < -0.39 is 17.6 Å². The molecule has 0 radical (unpaired) electrons. The van der Waals surface area contributed by atoms with Crippen molar-refractivity contribution in [3.8, 4) is 0 Å². The lowest BCUT2D eigenvalue weighted by Crippen LogP contribution is -2.48. The molecule has 1 fully saturated rings. The fraction of sp³-hybridized carbons (Fsp3) is 0.227. The second-order valence-corrected chi connectivity index (χ2v) is 7.97. The molecule has 0 aliphatic carbocycles. The van der Waals surface area contributed by atoms with E-state index in [0.29, 0.717) is 35.6 Å². The second-order valence-electron chi connectivity index (χ2n) is 7.97. The number of hydrogen-bond donors (Lipinski definition) is 1. The highest BCUT2D eigenvalue weighted by atomic mass is 19.4. The summed E-state index contributed by atoms with van der Waals surface area (Å²) in [4.78, 5) is 25.9. The molecule has 1 saturated heterocycles. The number of nitrogens with two attached hydrogens (primary N) is 1. The van der Waals surface area contributed by atoms with Gasteiger partial charge in [-0.25, -0.2) is 9.37 Å². The Kier molecular flexibility index (Phi) is 5.14. The second kappa shape index (κ2) is 8.04. The van der Waals surface area contributed by atoms with Crippen molar-refractivity contribution in [1.82, 2.24) is 29.6 Å². The van der Waals surface area contributed by atoms with Crippen molar-refractivity contribution in [1.29, 1.82) is 0 Å². The van der Waals surface area contributed by atoms with Crippen LogP contribution in [0.25, 0.3) is 10.9 Å². The van der Waals surface area contributed by atoms with Crippen molar-refractivity contribution in [2.24, 2.45) is 0 Å². The van der Waals surface area contributed by atoms with E-state index in [1.54, 1.807) is 11.0 Å². The van der Waals surface area contributed by atoms with Crippen LogP contribution in [0.1, 0.15) is 33.2 Å². The van der Waals surface area contributed by atoms with Gasteiger partial charge in [-0.2, -0.15) is 18.3 Å². The maximum Gasteiger partial charge on any atom is 0.417 e. The van der Waals surface area contributed by atoms with Crippen LogP contribution < -0.4 is 5.73 Å². The number of likely N-dealkylation sites (tertiary alicyclic amines) is 1. The summed E-state index contributed by atoms with van der Waals surface area (Å²) in [6.07, 6.45) is 0.240.